The summed E-state index contributed by atoms with van der Waals surface area (Å²) in [5, 5.41) is 11.8. The molecule has 0 aromatic carbocycles. The lowest BCUT2D eigenvalue weighted by molar-refractivity contribution is -0.136. The highest BCUT2D eigenvalue weighted by Crippen LogP contribution is 2.16. The van der Waals surface area contributed by atoms with Crippen LogP contribution in [0.25, 0.3) is 0 Å². The van der Waals surface area contributed by atoms with Crippen LogP contribution in [-0.2, 0) is 24.0 Å². The predicted molar refractivity (Wildman–Crippen MR) is 123 cm³/mol. The van der Waals surface area contributed by atoms with Crippen LogP contribution in [0, 0.1) is 5.92 Å². The normalized spacial score (nSPS) is 17.9. The van der Waals surface area contributed by atoms with E-state index in [-0.39, 0.29) is 74.7 Å². The van der Waals surface area contributed by atoms with Gasteiger partial charge in [0.05, 0.1) is 5.92 Å². The molecule has 0 saturated heterocycles. The number of thioether (sulfide) groups is 2. The SMILES string of the molecule is CNC(=O)CCN(CCC(=O)NC)C(=O)C1CCC(=O)C=CSCSC=CC(=O)NC1. The molecule has 4 amide bonds. The number of hydrogen-bond acceptors (Lipinski definition) is 7. The average Bonchev–Trinajstić information content (AvgIpc) is 2.76. The molecule has 1 aliphatic heterocycles. The van der Waals surface area contributed by atoms with Crippen molar-refractivity contribution in [3.8, 4) is 0 Å². The van der Waals surface area contributed by atoms with Gasteiger partial charge in [-0.25, -0.2) is 0 Å². The Hall–Kier alpha value is -2.27. The fraction of sp³-hybridized carbons (Fsp3) is 0.550. The lowest BCUT2D eigenvalue weighted by Crippen LogP contribution is -2.44. The first-order valence-electron chi connectivity index (χ1n) is 9.94. The molecule has 0 bridgehead atoms. The summed E-state index contributed by atoms with van der Waals surface area (Å²) in [6.07, 6.45) is 3.49. The van der Waals surface area contributed by atoms with Gasteiger partial charge in [0, 0.05) is 64.2 Å². The van der Waals surface area contributed by atoms with Crippen LogP contribution in [0.4, 0.5) is 0 Å². The number of amides is 4. The van der Waals surface area contributed by atoms with Gasteiger partial charge < -0.3 is 20.9 Å². The second-order valence-electron chi connectivity index (χ2n) is 6.68. The molecule has 1 aliphatic rings. The van der Waals surface area contributed by atoms with E-state index in [0.717, 1.165) is 0 Å². The van der Waals surface area contributed by atoms with E-state index in [0.29, 0.717) is 5.08 Å². The third kappa shape index (κ3) is 11.6. The monoisotopic (exact) mass is 470 g/mol. The predicted octanol–water partition coefficient (Wildman–Crippen LogP) is 0.634. The number of hydrogen-bond donors (Lipinski definition) is 3. The van der Waals surface area contributed by atoms with Gasteiger partial charge in [0.2, 0.25) is 23.6 Å². The minimum atomic E-state index is -0.646. The second-order valence-corrected chi connectivity index (χ2v) is 8.83. The standard InChI is InChI=1S/C20H30N4O5S2/c1-21-17(26)5-9-24(10-6-18(27)22-2)20(29)15-3-4-16(25)7-11-30-14-31-12-8-19(28)23-13-15/h7-8,11-12,15H,3-6,9-10,13-14H2,1-2H3,(H,21,26)(H,22,27)(H,23,28). The highest BCUT2D eigenvalue weighted by molar-refractivity contribution is 8.18. The lowest BCUT2D eigenvalue weighted by atomic mass is 9.99. The van der Waals surface area contributed by atoms with Crippen molar-refractivity contribution in [2.75, 3.05) is 38.8 Å². The summed E-state index contributed by atoms with van der Waals surface area (Å²) in [4.78, 5) is 62.1. The molecule has 172 valence electrons. The average molecular weight is 471 g/mol. The number of nitrogens with zero attached hydrogens (tertiary/aromatic N) is 1. The maximum atomic E-state index is 13.2. The summed E-state index contributed by atoms with van der Waals surface area (Å²) >= 11 is 2.87. The molecule has 0 aliphatic carbocycles. The highest BCUT2D eigenvalue weighted by Gasteiger charge is 2.26. The summed E-state index contributed by atoms with van der Waals surface area (Å²) in [6, 6.07) is 0. The van der Waals surface area contributed by atoms with Gasteiger partial charge in [-0.05, 0) is 23.3 Å². The number of allylic oxidation sites excluding steroid dienone is 1. The van der Waals surface area contributed by atoms with Crippen molar-refractivity contribution in [2.24, 2.45) is 5.92 Å². The Bertz CT molecular complexity index is 662. The Labute approximate surface area is 191 Å². The minimum Gasteiger partial charge on any atom is -0.359 e. The summed E-state index contributed by atoms with van der Waals surface area (Å²) in [7, 11) is 3.02. The molecular formula is C20H30N4O5S2. The Morgan fingerprint density at radius 1 is 1.03 bits per heavy atom. The fourth-order valence-electron chi connectivity index (χ4n) is 2.66. The Morgan fingerprint density at radius 2 is 1.61 bits per heavy atom. The van der Waals surface area contributed by atoms with Gasteiger partial charge in [0.1, 0.15) is 0 Å². The molecule has 9 nitrogen and oxygen atoms in total. The van der Waals surface area contributed by atoms with Crippen LogP contribution < -0.4 is 16.0 Å². The van der Waals surface area contributed by atoms with E-state index in [1.807, 2.05) is 0 Å². The van der Waals surface area contributed by atoms with Gasteiger partial charge >= 0.3 is 0 Å². The van der Waals surface area contributed by atoms with Crippen molar-refractivity contribution in [2.45, 2.75) is 25.7 Å². The molecule has 0 aromatic rings. The Morgan fingerprint density at radius 3 is 2.19 bits per heavy atom. The molecule has 1 atom stereocenters. The Kier molecular flexibility index (Phi) is 13.4. The molecule has 0 spiro atoms. The maximum Gasteiger partial charge on any atom is 0.244 e. The van der Waals surface area contributed by atoms with Crippen LogP contribution in [0.1, 0.15) is 25.7 Å². The number of ketones is 1. The van der Waals surface area contributed by atoms with E-state index in [4.69, 9.17) is 0 Å². The van der Waals surface area contributed by atoms with Crippen LogP contribution in [-0.4, -0.2) is 73.1 Å². The quantitative estimate of drug-likeness (QED) is 0.498. The van der Waals surface area contributed by atoms with E-state index in [1.54, 1.807) is 10.8 Å². The smallest absolute Gasteiger partial charge is 0.244 e. The van der Waals surface area contributed by atoms with Gasteiger partial charge in [-0.2, -0.15) is 0 Å². The molecule has 1 rings (SSSR count). The largest absolute Gasteiger partial charge is 0.359 e. The molecule has 0 saturated carbocycles. The van der Waals surface area contributed by atoms with Gasteiger partial charge in [-0.3, -0.25) is 24.0 Å². The van der Waals surface area contributed by atoms with E-state index in [2.05, 4.69) is 16.0 Å². The molecule has 31 heavy (non-hydrogen) atoms. The summed E-state index contributed by atoms with van der Waals surface area (Å²) in [5.74, 6) is -1.82. The molecule has 1 heterocycles. The zero-order valence-corrected chi connectivity index (χ0v) is 19.5. The minimum absolute atomic E-state index is 0.0644. The summed E-state index contributed by atoms with van der Waals surface area (Å²) in [5.41, 5.74) is 0. The number of carbonyl (C=O) groups excluding carboxylic acids is 5. The van der Waals surface area contributed by atoms with Gasteiger partial charge in [-0.15, -0.1) is 23.5 Å². The van der Waals surface area contributed by atoms with Crippen LogP contribution in [0.2, 0.25) is 0 Å². The van der Waals surface area contributed by atoms with E-state index in [9.17, 15) is 24.0 Å². The van der Waals surface area contributed by atoms with Gasteiger partial charge in [-0.1, -0.05) is 0 Å². The summed E-state index contributed by atoms with van der Waals surface area (Å²) < 4.78 is 0. The van der Waals surface area contributed by atoms with Crippen molar-refractivity contribution < 1.29 is 24.0 Å². The van der Waals surface area contributed by atoms with Crippen molar-refractivity contribution in [3.05, 3.63) is 23.0 Å². The van der Waals surface area contributed by atoms with E-state index < -0.39 is 5.92 Å². The van der Waals surface area contributed by atoms with Crippen LogP contribution in [0.15, 0.2) is 23.0 Å². The fourth-order valence-corrected chi connectivity index (χ4v) is 4.07. The van der Waals surface area contributed by atoms with Crippen molar-refractivity contribution in [1.29, 1.82) is 0 Å². The molecule has 0 aromatic heterocycles. The first-order chi connectivity index (χ1) is 14.9. The first-order valence-corrected chi connectivity index (χ1v) is 12.0. The molecule has 1 unspecified atom stereocenters. The van der Waals surface area contributed by atoms with Gasteiger partial charge in [0.15, 0.2) is 5.78 Å². The van der Waals surface area contributed by atoms with Crippen LogP contribution in [0.3, 0.4) is 0 Å². The number of carbonyl (C=O) groups is 5. The van der Waals surface area contributed by atoms with Crippen molar-refractivity contribution >= 4 is 52.9 Å². The van der Waals surface area contributed by atoms with Gasteiger partial charge in [0.25, 0.3) is 0 Å². The molecule has 0 fully saturated rings. The molecule has 11 heteroatoms. The molecular weight excluding hydrogens is 440 g/mol. The first kappa shape index (κ1) is 26.8. The van der Waals surface area contributed by atoms with Crippen LogP contribution >= 0.6 is 23.5 Å². The van der Waals surface area contributed by atoms with E-state index in [1.165, 1.54) is 54.7 Å². The number of rotatable bonds is 7. The maximum absolute atomic E-state index is 13.2. The van der Waals surface area contributed by atoms with Crippen molar-refractivity contribution in [3.63, 3.8) is 0 Å². The highest BCUT2D eigenvalue weighted by atomic mass is 32.2. The molecule has 0 radical (unpaired) electrons. The molecule has 3 N–H and O–H groups in total. The van der Waals surface area contributed by atoms with Crippen molar-refractivity contribution in [1.82, 2.24) is 20.9 Å². The zero-order chi connectivity index (χ0) is 23.1. The Balaban J connectivity index is 2.94. The van der Waals surface area contributed by atoms with Crippen LogP contribution in [0.5, 0.6) is 0 Å². The third-order valence-electron chi connectivity index (χ3n) is 4.50. The third-order valence-corrected chi connectivity index (χ3v) is 6.25. The topological polar surface area (TPSA) is 125 Å². The van der Waals surface area contributed by atoms with E-state index >= 15 is 0 Å². The lowest BCUT2D eigenvalue weighted by Gasteiger charge is -2.27. The number of nitrogens with one attached hydrogen (secondary N) is 3. The zero-order valence-electron chi connectivity index (χ0n) is 17.8. The summed E-state index contributed by atoms with van der Waals surface area (Å²) in [6.45, 7) is 0.344. The second kappa shape index (κ2) is 15.5.